The molecule has 1 rings (SSSR count). The van der Waals surface area contributed by atoms with Crippen molar-refractivity contribution in [3.63, 3.8) is 0 Å². The van der Waals surface area contributed by atoms with Gasteiger partial charge in [0.15, 0.2) is 6.29 Å². The minimum Gasteiger partial charge on any atom is -0.298 e. The Morgan fingerprint density at radius 2 is 2.00 bits per heavy atom. The normalized spacial score (nSPS) is 11.0. The van der Waals surface area contributed by atoms with Crippen molar-refractivity contribution in [2.75, 3.05) is 11.0 Å². The van der Waals surface area contributed by atoms with Crippen molar-refractivity contribution in [1.29, 1.82) is 0 Å². The van der Waals surface area contributed by atoms with E-state index in [1.54, 1.807) is 25.1 Å². The molecule has 0 heterocycles. The molecule has 1 aromatic carbocycles. The van der Waals surface area contributed by atoms with Gasteiger partial charge in [0.05, 0.1) is 11.9 Å². The van der Waals surface area contributed by atoms with Crippen LogP contribution in [-0.2, 0) is 10.0 Å². The summed E-state index contributed by atoms with van der Waals surface area (Å²) in [5.41, 5.74) is 1.44. The summed E-state index contributed by atoms with van der Waals surface area (Å²) in [6, 6.07) is 4.99. The fourth-order valence-electron chi connectivity index (χ4n) is 1.13. The minimum absolute atomic E-state index is 0.322. The van der Waals surface area contributed by atoms with Crippen LogP contribution in [0.15, 0.2) is 18.2 Å². The van der Waals surface area contributed by atoms with Crippen LogP contribution in [0.4, 0.5) is 5.69 Å². The first kappa shape index (κ1) is 10.7. The molecule has 0 aromatic heterocycles. The highest BCUT2D eigenvalue weighted by Crippen LogP contribution is 2.17. The number of anilines is 1. The van der Waals surface area contributed by atoms with Gasteiger partial charge in [-0.15, -0.1) is 0 Å². The molecule has 0 bridgehead atoms. The maximum absolute atomic E-state index is 11.0. The summed E-state index contributed by atoms with van der Waals surface area (Å²) in [4.78, 5) is 10.7. The molecule has 0 saturated carbocycles. The first-order valence-corrected chi connectivity index (χ1v) is 5.86. The summed E-state index contributed by atoms with van der Waals surface area (Å²) >= 11 is 0. The topological polar surface area (TPSA) is 63.2 Å². The quantitative estimate of drug-likeness (QED) is 0.767. The van der Waals surface area contributed by atoms with Gasteiger partial charge in [0, 0.05) is 5.56 Å². The summed E-state index contributed by atoms with van der Waals surface area (Å²) < 4.78 is 24.2. The molecule has 5 heteroatoms. The van der Waals surface area contributed by atoms with Gasteiger partial charge in [-0.1, -0.05) is 12.1 Å². The highest BCUT2D eigenvalue weighted by molar-refractivity contribution is 7.92. The van der Waals surface area contributed by atoms with Crippen LogP contribution in [0, 0.1) is 6.92 Å². The average Bonchev–Trinajstić information content (AvgIpc) is 2.01. The van der Waals surface area contributed by atoms with Gasteiger partial charge in [-0.25, -0.2) is 8.42 Å². The van der Waals surface area contributed by atoms with Crippen LogP contribution in [0.1, 0.15) is 15.9 Å². The summed E-state index contributed by atoms with van der Waals surface area (Å²) in [6.45, 7) is 1.75. The Kier molecular flexibility index (Phi) is 2.90. The van der Waals surface area contributed by atoms with Crippen LogP contribution >= 0.6 is 0 Å². The maximum atomic E-state index is 11.0. The molecule has 4 nitrogen and oxygen atoms in total. The fourth-order valence-corrected chi connectivity index (χ4v) is 1.70. The van der Waals surface area contributed by atoms with E-state index in [-0.39, 0.29) is 0 Å². The van der Waals surface area contributed by atoms with Crippen LogP contribution < -0.4 is 4.72 Å². The van der Waals surface area contributed by atoms with Crippen molar-refractivity contribution in [2.45, 2.75) is 6.92 Å². The minimum atomic E-state index is -3.34. The zero-order chi connectivity index (χ0) is 10.8. The number of aryl methyl sites for hydroxylation is 1. The zero-order valence-electron chi connectivity index (χ0n) is 7.94. The molecule has 0 saturated heterocycles. The van der Waals surface area contributed by atoms with Gasteiger partial charge in [-0.2, -0.15) is 0 Å². The largest absolute Gasteiger partial charge is 0.298 e. The van der Waals surface area contributed by atoms with E-state index in [9.17, 15) is 13.2 Å². The Bertz CT molecular complexity index is 451. The Balaban J connectivity index is 3.21. The van der Waals surface area contributed by atoms with Gasteiger partial charge < -0.3 is 0 Å². The molecule has 0 fully saturated rings. The van der Waals surface area contributed by atoms with Crippen molar-refractivity contribution in [3.8, 4) is 0 Å². The first-order valence-electron chi connectivity index (χ1n) is 3.96. The lowest BCUT2D eigenvalue weighted by Crippen LogP contribution is -2.11. The standard InChI is InChI=1S/C9H11NO3S/c1-7-4-3-5-9(8(7)6-11)10-14(2,12)13/h3-6,10H,1-2H3. The number of carbonyl (C=O) groups is 1. The lowest BCUT2D eigenvalue weighted by atomic mass is 10.1. The summed E-state index contributed by atoms with van der Waals surface area (Å²) in [5, 5.41) is 0. The van der Waals surface area contributed by atoms with E-state index >= 15 is 0 Å². The van der Waals surface area contributed by atoms with Gasteiger partial charge in [0.2, 0.25) is 10.0 Å². The predicted molar refractivity (Wildman–Crippen MR) is 55.0 cm³/mol. The molecule has 1 aromatic rings. The number of carbonyl (C=O) groups excluding carboxylic acids is 1. The first-order chi connectivity index (χ1) is 6.44. The molecule has 1 N–H and O–H groups in total. The Hall–Kier alpha value is -1.36. The van der Waals surface area contributed by atoms with Crippen molar-refractivity contribution < 1.29 is 13.2 Å². The van der Waals surface area contributed by atoms with E-state index in [2.05, 4.69) is 4.72 Å². The number of benzene rings is 1. The summed E-state index contributed by atoms with van der Waals surface area (Å²) in [5.74, 6) is 0. The predicted octanol–water partition coefficient (Wildman–Crippen LogP) is 1.18. The molecule has 0 atom stereocenters. The molecule has 0 unspecified atom stereocenters. The Labute approximate surface area is 83.0 Å². The number of sulfonamides is 1. The van der Waals surface area contributed by atoms with Crippen molar-refractivity contribution in [2.24, 2.45) is 0 Å². The number of hydrogen-bond donors (Lipinski definition) is 1. The van der Waals surface area contributed by atoms with E-state index in [1.807, 2.05) is 0 Å². The Morgan fingerprint density at radius 1 is 1.36 bits per heavy atom. The molecule has 76 valence electrons. The van der Waals surface area contributed by atoms with Crippen LogP contribution in [0.25, 0.3) is 0 Å². The average molecular weight is 213 g/mol. The lowest BCUT2D eigenvalue weighted by Gasteiger charge is -2.08. The van der Waals surface area contributed by atoms with Gasteiger partial charge in [-0.05, 0) is 18.6 Å². The van der Waals surface area contributed by atoms with Crippen LogP contribution in [-0.4, -0.2) is 21.0 Å². The molecule has 14 heavy (non-hydrogen) atoms. The maximum Gasteiger partial charge on any atom is 0.229 e. The molecular weight excluding hydrogens is 202 g/mol. The van der Waals surface area contributed by atoms with E-state index in [1.165, 1.54) is 0 Å². The van der Waals surface area contributed by atoms with Gasteiger partial charge in [-0.3, -0.25) is 9.52 Å². The lowest BCUT2D eigenvalue weighted by molar-refractivity contribution is 0.112. The molecule has 0 spiro atoms. The third-order valence-electron chi connectivity index (χ3n) is 1.74. The zero-order valence-corrected chi connectivity index (χ0v) is 8.76. The number of rotatable bonds is 3. The highest BCUT2D eigenvalue weighted by Gasteiger charge is 2.08. The SMILES string of the molecule is Cc1cccc(NS(C)(=O)=O)c1C=O. The molecule has 0 aliphatic carbocycles. The third-order valence-corrected chi connectivity index (χ3v) is 2.33. The second kappa shape index (κ2) is 3.79. The fraction of sp³-hybridized carbons (Fsp3) is 0.222. The van der Waals surface area contributed by atoms with Crippen molar-refractivity contribution in [3.05, 3.63) is 29.3 Å². The van der Waals surface area contributed by atoms with Crippen LogP contribution in [0.3, 0.4) is 0 Å². The van der Waals surface area contributed by atoms with E-state index in [0.29, 0.717) is 17.5 Å². The number of nitrogens with one attached hydrogen (secondary N) is 1. The van der Waals surface area contributed by atoms with Crippen molar-refractivity contribution >= 4 is 22.0 Å². The van der Waals surface area contributed by atoms with Crippen LogP contribution in [0.5, 0.6) is 0 Å². The van der Waals surface area contributed by atoms with E-state index in [4.69, 9.17) is 0 Å². The van der Waals surface area contributed by atoms with Gasteiger partial charge >= 0.3 is 0 Å². The highest BCUT2D eigenvalue weighted by atomic mass is 32.2. The van der Waals surface area contributed by atoms with E-state index < -0.39 is 10.0 Å². The molecule has 0 aliphatic heterocycles. The van der Waals surface area contributed by atoms with E-state index in [0.717, 1.165) is 11.8 Å². The van der Waals surface area contributed by atoms with Gasteiger partial charge in [0.1, 0.15) is 0 Å². The van der Waals surface area contributed by atoms with Crippen LogP contribution in [0.2, 0.25) is 0 Å². The van der Waals surface area contributed by atoms with Crippen molar-refractivity contribution in [1.82, 2.24) is 0 Å². The van der Waals surface area contributed by atoms with Gasteiger partial charge in [0.25, 0.3) is 0 Å². The number of hydrogen-bond acceptors (Lipinski definition) is 3. The molecular formula is C9H11NO3S. The number of aldehydes is 1. The molecule has 0 amide bonds. The molecule has 0 radical (unpaired) electrons. The third kappa shape index (κ3) is 2.56. The Morgan fingerprint density at radius 3 is 2.50 bits per heavy atom. The summed E-state index contributed by atoms with van der Waals surface area (Å²) in [6.07, 6.45) is 1.69. The monoisotopic (exact) mass is 213 g/mol. The summed E-state index contributed by atoms with van der Waals surface area (Å²) in [7, 11) is -3.34. The smallest absolute Gasteiger partial charge is 0.229 e. The second-order valence-corrected chi connectivity index (χ2v) is 4.78. The second-order valence-electron chi connectivity index (χ2n) is 3.03. The molecule has 0 aliphatic rings.